The SMILES string of the molecule is C=C(C)C(=O)Oc1ccc(C(C)(C)c2ccc(OC(=O)C(=C)C)c(CC)c2CC)c(CC)c1CC. The van der Waals surface area contributed by atoms with Crippen LogP contribution in [0, 0.1) is 0 Å². The molecule has 2 rings (SSSR count). The molecule has 0 N–H and O–H groups in total. The van der Waals surface area contributed by atoms with Crippen LogP contribution in [0.3, 0.4) is 0 Å². The van der Waals surface area contributed by atoms with Gasteiger partial charge in [-0.15, -0.1) is 0 Å². The summed E-state index contributed by atoms with van der Waals surface area (Å²) in [5.74, 6) is 0.386. The molecule has 0 spiro atoms. The molecule has 0 saturated carbocycles. The van der Waals surface area contributed by atoms with E-state index in [0.717, 1.165) is 36.8 Å². The van der Waals surface area contributed by atoms with Gasteiger partial charge in [0.2, 0.25) is 0 Å². The Hall–Kier alpha value is -3.14. The third-order valence-corrected chi connectivity index (χ3v) is 6.64. The maximum atomic E-state index is 12.2. The Kier molecular flexibility index (Phi) is 9.25. The fourth-order valence-electron chi connectivity index (χ4n) is 4.81. The summed E-state index contributed by atoms with van der Waals surface area (Å²) < 4.78 is 11.3. The monoisotopic (exact) mass is 476 g/mol. The van der Waals surface area contributed by atoms with E-state index in [2.05, 4.69) is 66.8 Å². The molecule has 0 amide bonds. The van der Waals surface area contributed by atoms with Gasteiger partial charge in [0.15, 0.2) is 0 Å². The van der Waals surface area contributed by atoms with Gasteiger partial charge >= 0.3 is 11.9 Å². The Balaban J connectivity index is 2.71. The van der Waals surface area contributed by atoms with Gasteiger partial charge in [-0.25, -0.2) is 9.59 Å². The van der Waals surface area contributed by atoms with E-state index >= 15 is 0 Å². The van der Waals surface area contributed by atoms with Gasteiger partial charge in [0.1, 0.15) is 11.5 Å². The summed E-state index contributed by atoms with van der Waals surface area (Å²) in [4.78, 5) is 24.4. The summed E-state index contributed by atoms with van der Waals surface area (Å²) in [6, 6.07) is 7.98. The van der Waals surface area contributed by atoms with Crippen molar-refractivity contribution < 1.29 is 19.1 Å². The molecule has 0 heterocycles. The molecular weight excluding hydrogens is 436 g/mol. The van der Waals surface area contributed by atoms with E-state index in [0.29, 0.717) is 22.6 Å². The van der Waals surface area contributed by atoms with Crippen molar-refractivity contribution in [3.05, 3.63) is 82.0 Å². The zero-order valence-corrected chi connectivity index (χ0v) is 22.7. The van der Waals surface area contributed by atoms with Crippen LogP contribution in [0.1, 0.15) is 88.8 Å². The average Bonchev–Trinajstić information content (AvgIpc) is 2.82. The highest BCUT2D eigenvalue weighted by Gasteiger charge is 2.31. The Labute approximate surface area is 211 Å². The Morgan fingerprint density at radius 3 is 1.23 bits per heavy atom. The van der Waals surface area contributed by atoms with Gasteiger partial charge in [0.25, 0.3) is 0 Å². The first kappa shape index (κ1) is 28.1. The molecule has 0 aliphatic carbocycles. The second-order valence-corrected chi connectivity index (χ2v) is 9.52. The predicted molar refractivity (Wildman–Crippen MR) is 143 cm³/mol. The van der Waals surface area contributed by atoms with Crippen LogP contribution in [0.25, 0.3) is 0 Å². The molecule has 4 heteroatoms. The minimum atomic E-state index is -0.408. The van der Waals surface area contributed by atoms with Crippen molar-refractivity contribution in [2.45, 2.75) is 86.5 Å². The first-order chi connectivity index (χ1) is 16.4. The van der Waals surface area contributed by atoms with Crippen molar-refractivity contribution in [3.63, 3.8) is 0 Å². The second kappa shape index (κ2) is 11.5. The lowest BCUT2D eigenvalue weighted by Gasteiger charge is -2.33. The third-order valence-electron chi connectivity index (χ3n) is 6.64. The summed E-state index contributed by atoms with van der Waals surface area (Å²) in [7, 11) is 0. The van der Waals surface area contributed by atoms with Crippen LogP contribution in [0.2, 0.25) is 0 Å². The summed E-state index contributed by atoms with van der Waals surface area (Å²) in [6.45, 7) is 23.6. The fourth-order valence-corrected chi connectivity index (χ4v) is 4.81. The van der Waals surface area contributed by atoms with Crippen LogP contribution in [0.5, 0.6) is 11.5 Å². The van der Waals surface area contributed by atoms with E-state index < -0.39 is 11.9 Å². The average molecular weight is 477 g/mol. The zero-order chi connectivity index (χ0) is 26.5. The predicted octanol–water partition coefficient (Wildman–Crippen LogP) is 7.23. The first-order valence-corrected chi connectivity index (χ1v) is 12.5. The van der Waals surface area contributed by atoms with E-state index in [9.17, 15) is 9.59 Å². The highest BCUT2D eigenvalue weighted by Crippen LogP contribution is 2.42. The van der Waals surface area contributed by atoms with E-state index in [1.807, 2.05) is 12.1 Å². The fraction of sp³-hybridized carbons (Fsp3) is 0.419. The first-order valence-electron chi connectivity index (χ1n) is 12.5. The molecule has 188 valence electrons. The molecule has 0 saturated heterocycles. The molecule has 0 radical (unpaired) electrons. The smallest absolute Gasteiger partial charge is 0.338 e. The second-order valence-electron chi connectivity index (χ2n) is 9.52. The van der Waals surface area contributed by atoms with Crippen molar-refractivity contribution in [3.8, 4) is 11.5 Å². The van der Waals surface area contributed by atoms with Gasteiger partial charge in [-0.05, 0) is 85.0 Å². The number of benzene rings is 2. The minimum Gasteiger partial charge on any atom is -0.423 e. The minimum absolute atomic E-state index is 0.321. The van der Waals surface area contributed by atoms with Gasteiger partial charge in [-0.3, -0.25) is 0 Å². The van der Waals surface area contributed by atoms with Gasteiger partial charge in [-0.2, -0.15) is 0 Å². The molecule has 0 aromatic heterocycles. The maximum Gasteiger partial charge on any atom is 0.338 e. The van der Waals surface area contributed by atoms with Crippen LogP contribution < -0.4 is 9.47 Å². The Morgan fingerprint density at radius 1 is 0.657 bits per heavy atom. The van der Waals surface area contributed by atoms with Crippen molar-refractivity contribution in [2.24, 2.45) is 0 Å². The van der Waals surface area contributed by atoms with Gasteiger partial charge < -0.3 is 9.47 Å². The number of ether oxygens (including phenoxy) is 2. The molecule has 35 heavy (non-hydrogen) atoms. The maximum absolute atomic E-state index is 12.2. The van der Waals surface area contributed by atoms with Crippen molar-refractivity contribution in [2.75, 3.05) is 0 Å². The quantitative estimate of drug-likeness (QED) is 0.206. The molecule has 2 aromatic rings. The van der Waals surface area contributed by atoms with Crippen LogP contribution in [0.4, 0.5) is 0 Å². The number of hydrogen-bond acceptors (Lipinski definition) is 4. The summed E-state index contributed by atoms with van der Waals surface area (Å²) in [6.07, 6.45) is 3.14. The van der Waals surface area contributed by atoms with Gasteiger partial charge in [0, 0.05) is 16.6 Å². The molecular formula is C31H40O4. The number of carbonyl (C=O) groups is 2. The number of rotatable bonds is 10. The third kappa shape index (κ3) is 5.75. The van der Waals surface area contributed by atoms with E-state index in [1.165, 1.54) is 22.3 Å². The number of carbonyl (C=O) groups excluding carboxylic acids is 2. The molecule has 0 atom stereocenters. The highest BCUT2D eigenvalue weighted by molar-refractivity contribution is 5.89. The summed E-state index contributed by atoms with van der Waals surface area (Å²) in [5, 5.41) is 0. The van der Waals surface area contributed by atoms with E-state index in [-0.39, 0.29) is 5.41 Å². The molecule has 4 nitrogen and oxygen atoms in total. The van der Waals surface area contributed by atoms with Crippen molar-refractivity contribution in [1.29, 1.82) is 0 Å². The number of hydrogen-bond donors (Lipinski definition) is 0. The molecule has 0 unspecified atom stereocenters. The van der Waals surface area contributed by atoms with E-state index in [4.69, 9.17) is 9.47 Å². The van der Waals surface area contributed by atoms with Crippen LogP contribution >= 0.6 is 0 Å². The molecule has 0 bridgehead atoms. The highest BCUT2D eigenvalue weighted by atomic mass is 16.5. The lowest BCUT2D eigenvalue weighted by Crippen LogP contribution is -2.25. The van der Waals surface area contributed by atoms with Gasteiger partial charge in [0.05, 0.1) is 0 Å². The molecule has 2 aromatic carbocycles. The van der Waals surface area contributed by atoms with Crippen molar-refractivity contribution in [1.82, 2.24) is 0 Å². The van der Waals surface area contributed by atoms with Crippen molar-refractivity contribution >= 4 is 11.9 Å². The standard InChI is InChI=1S/C31H40O4/c1-11-21-23(13-3)27(34-29(32)19(5)6)17-15-25(21)31(9,10)26-16-18-28(35-30(33)20(7)8)24(14-4)22(26)12-2/h15-18H,5,7,11-14H2,1-4,6,8-10H3. The Bertz CT molecular complexity index is 1060. The van der Waals surface area contributed by atoms with E-state index in [1.54, 1.807) is 13.8 Å². The molecule has 0 aliphatic rings. The van der Waals surface area contributed by atoms with Crippen LogP contribution in [0.15, 0.2) is 48.6 Å². The lowest BCUT2D eigenvalue weighted by molar-refractivity contribution is -0.131. The van der Waals surface area contributed by atoms with Crippen LogP contribution in [-0.4, -0.2) is 11.9 Å². The lowest BCUT2D eigenvalue weighted by atomic mass is 9.71. The summed E-state index contributed by atoms with van der Waals surface area (Å²) >= 11 is 0. The largest absolute Gasteiger partial charge is 0.423 e. The van der Waals surface area contributed by atoms with Gasteiger partial charge in [-0.1, -0.05) is 66.8 Å². The molecule has 0 aliphatic heterocycles. The number of esters is 2. The zero-order valence-electron chi connectivity index (χ0n) is 22.7. The summed E-state index contributed by atoms with van der Waals surface area (Å²) in [5.41, 5.74) is 7.33. The topological polar surface area (TPSA) is 52.6 Å². The molecule has 0 fully saturated rings. The normalized spacial score (nSPS) is 11.2. The van der Waals surface area contributed by atoms with Crippen LogP contribution in [-0.2, 0) is 40.7 Å². The Morgan fingerprint density at radius 2 is 0.971 bits per heavy atom.